The fourth-order valence-corrected chi connectivity index (χ4v) is 4.45. The molecule has 3 aromatic carbocycles. The number of aromatic hydroxyl groups is 1. The van der Waals surface area contributed by atoms with Gasteiger partial charge in [-0.3, -0.25) is 14.5 Å². The van der Waals surface area contributed by atoms with E-state index in [0.29, 0.717) is 17.0 Å². The lowest BCUT2D eigenvalue weighted by atomic mass is 9.97. The van der Waals surface area contributed by atoms with Gasteiger partial charge in [0.15, 0.2) is 16.9 Å². The third-order valence-corrected chi connectivity index (χ3v) is 6.06. The molecule has 34 heavy (non-hydrogen) atoms. The molecule has 0 fully saturated rings. The molecule has 1 aromatic heterocycles. The van der Waals surface area contributed by atoms with Crippen LogP contribution in [-0.2, 0) is 0 Å². The predicted molar refractivity (Wildman–Crippen MR) is 124 cm³/mol. The van der Waals surface area contributed by atoms with E-state index in [2.05, 4.69) is 0 Å². The second kappa shape index (κ2) is 8.07. The Morgan fingerprint density at radius 3 is 2.47 bits per heavy atom. The molecule has 4 aromatic rings. The number of carbonyl (C=O) groups is 1. The first-order valence-electron chi connectivity index (χ1n) is 10.1. The van der Waals surface area contributed by atoms with Crippen LogP contribution < -0.4 is 19.8 Å². The molecule has 5 rings (SSSR count). The van der Waals surface area contributed by atoms with Crippen LogP contribution in [0.25, 0.3) is 11.0 Å². The minimum absolute atomic E-state index is 0.0110. The number of ether oxygens (including phenoxy) is 2. The summed E-state index contributed by atoms with van der Waals surface area (Å²) in [5.41, 5.74) is 0.451. The normalized spacial score (nSPS) is 15.0. The van der Waals surface area contributed by atoms with Crippen LogP contribution in [0.4, 0.5) is 10.1 Å². The van der Waals surface area contributed by atoms with Crippen molar-refractivity contribution < 1.29 is 28.2 Å². The van der Waals surface area contributed by atoms with Gasteiger partial charge in [0.25, 0.3) is 5.91 Å². The van der Waals surface area contributed by atoms with Gasteiger partial charge in [-0.25, -0.2) is 4.39 Å². The predicted octanol–water partition coefficient (Wildman–Crippen LogP) is 5.06. The summed E-state index contributed by atoms with van der Waals surface area (Å²) in [5.74, 6) is -0.881. The van der Waals surface area contributed by atoms with E-state index in [4.69, 9.17) is 25.5 Å². The van der Waals surface area contributed by atoms with E-state index in [9.17, 15) is 19.1 Å². The summed E-state index contributed by atoms with van der Waals surface area (Å²) in [6.07, 6.45) is 0. The first-order valence-corrected chi connectivity index (χ1v) is 10.5. The quantitative estimate of drug-likeness (QED) is 0.438. The highest BCUT2D eigenvalue weighted by Gasteiger charge is 2.44. The lowest BCUT2D eigenvalue weighted by Crippen LogP contribution is -2.29. The number of nitrogens with zero attached hydrogens (tertiary/aromatic N) is 1. The number of methoxy groups -OCH3 is 2. The van der Waals surface area contributed by atoms with Gasteiger partial charge in [0.05, 0.1) is 36.2 Å². The van der Waals surface area contributed by atoms with E-state index in [-0.39, 0.29) is 38.8 Å². The highest BCUT2D eigenvalue weighted by Crippen LogP contribution is 2.44. The van der Waals surface area contributed by atoms with Gasteiger partial charge >= 0.3 is 0 Å². The number of rotatable bonds is 4. The molecule has 0 spiro atoms. The molecular weight excluding hydrogens is 465 g/mol. The first kappa shape index (κ1) is 21.8. The molecule has 0 saturated heterocycles. The zero-order valence-electron chi connectivity index (χ0n) is 18.0. The minimum atomic E-state index is -0.953. The van der Waals surface area contributed by atoms with Crippen molar-refractivity contribution in [2.45, 2.75) is 6.04 Å². The zero-order chi connectivity index (χ0) is 24.1. The van der Waals surface area contributed by atoms with Crippen molar-refractivity contribution in [1.29, 1.82) is 0 Å². The number of hydrogen-bond acceptors (Lipinski definition) is 6. The highest BCUT2D eigenvalue weighted by atomic mass is 35.5. The Hall–Kier alpha value is -4.04. The number of halogens is 2. The molecule has 0 radical (unpaired) electrons. The van der Waals surface area contributed by atoms with Crippen molar-refractivity contribution in [1.82, 2.24) is 0 Å². The fraction of sp³-hybridized carbons (Fsp3) is 0.120. The molecule has 0 aliphatic carbocycles. The minimum Gasteiger partial charge on any atom is -0.504 e. The van der Waals surface area contributed by atoms with E-state index in [1.807, 2.05) is 0 Å². The summed E-state index contributed by atoms with van der Waals surface area (Å²) in [6, 6.07) is 11.8. The summed E-state index contributed by atoms with van der Waals surface area (Å²) < 4.78 is 30.2. The maximum absolute atomic E-state index is 13.9. The fourth-order valence-electron chi connectivity index (χ4n) is 4.20. The number of fused-ring (bicyclic) bond motifs is 2. The molecule has 1 unspecified atom stereocenters. The third kappa shape index (κ3) is 3.26. The second-order valence-corrected chi connectivity index (χ2v) is 8.05. The number of carbonyl (C=O) groups excluding carboxylic acids is 1. The van der Waals surface area contributed by atoms with Crippen molar-refractivity contribution in [3.63, 3.8) is 0 Å². The van der Waals surface area contributed by atoms with Crippen LogP contribution in [0.5, 0.6) is 17.2 Å². The van der Waals surface area contributed by atoms with Crippen LogP contribution in [0.15, 0.2) is 63.8 Å². The van der Waals surface area contributed by atoms with Gasteiger partial charge in [-0.05, 0) is 54.1 Å². The van der Waals surface area contributed by atoms with Crippen molar-refractivity contribution in [3.8, 4) is 17.2 Å². The van der Waals surface area contributed by atoms with Gasteiger partial charge in [0.2, 0.25) is 5.76 Å². The Morgan fingerprint density at radius 2 is 1.76 bits per heavy atom. The molecule has 0 bridgehead atoms. The van der Waals surface area contributed by atoms with Crippen LogP contribution in [-0.4, -0.2) is 25.2 Å². The number of phenolic OH excluding ortho intramolecular Hbond substituents is 1. The largest absolute Gasteiger partial charge is 0.504 e. The Bertz CT molecular complexity index is 1530. The van der Waals surface area contributed by atoms with E-state index in [1.165, 1.54) is 37.3 Å². The summed E-state index contributed by atoms with van der Waals surface area (Å²) in [5, 5.41) is 10.3. The molecule has 1 aliphatic rings. The monoisotopic (exact) mass is 481 g/mol. The van der Waals surface area contributed by atoms with Crippen LogP contribution in [0.1, 0.15) is 27.7 Å². The zero-order valence-corrected chi connectivity index (χ0v) is 18.7. The summed E-state index contributed by atoms with van der Waals surface area (Å²) in [4.78, 5) is 28.5. The standard InChI is InChI=1S/C25H17ClFNO6/c1-32-19-8-5-14(11-16(19)26)28-22(12-3-6-17(29)20(9-12)33-2)21-23(30)15-10-13(27)4-7-18(15)34-24(21)25(28)31/h3-11,22,29H,1-2H3. The van der Waals surface area contributed by atoms with E-state index in [0.717, 1.165) is 12.1 Å². The maximum Gasteiger partial charge on any atom is 0.295 e. The van der Waals surface area contributed by atoms with Gasteiger partial charge < -0.3 is 19.0 Å². The molecule has 0 saturated carbocycles. The summed E-state index contributed by atoms with van der Waals surface area (Å²) in [6.45, 7) is 0. The van der Waals surface area contributed by atoms with E-state index >= 15 is 0 Å². The molecule has 1 amide bonds. The average molecular weight is 482 g/mol. The Kier molecular flexibility index (Phi) is 5.17. The van der Waals surface area contributed by atoms with E-state index < -0.39 is 23.2 Å². The third-order valence-electron chi connectivity index (χ3n) is 5.77. The SMILES string of the molecule is COc1cc(C2c3c(oc4ccc(F)cc4c3=O)C(=O)N2c2ccc(OC)c(Cl)c2)ccc1O. The number of hydrogen-bond donors (Lipinski definition) is 1. The summed E-state index contributed by atoms with van der Waals surface area (Å²) >= 11 is 6.32. The number of benzene rings is 3. The van der Waals surface area contributed by atoms with Gasteiger partial charge in [0, 0.05) is 5.69 Å². The van der Waals surface area contributed by atoms with Crippen LogP contribution in [0, 0.1) is 5.82 Å². The number of anilines is 1. The molecule has 172 valence electrons. The van der Waals surface area contributed by atoms with Crippen molar-refractivity contribution in [3.05, 3.63) is 92.5 Å². The Labute approximate surface area is 197 Å². The van der Waals surface area contributed by atoms with E-state index in [1.54, 1.807) is 24.3 Å². The highest BCUT2D eigenvalue weighted by molar-refractivity contribution is 6.32. The van der Waals surface area contributed by atoms with Crippen molar-refractivity contribution >= 4 is 34.2 Å². The van der Waals surface area contributed by atoms with Crippen LogP contribution >= 0.6 is 11.6 Å². The smallest absolute Gasteiger partial charge is 0.295 e. The molecular formula is C25H17ClFNO6. The molecule has 1 atom stereocenters. The Morgan fingerprint density at radius 1 is 1.00 bits per heavy atom. The van der Waals surface area contributed by atoms with Crippen molar-refractivity contribution in [2.24, 2.45) is 0 Å². The van der Waals surface area contributed by atoms with Crippen molar-refractivity contribution in [2.75, 3.05) is 19.1 Å². The van der Waals surface area contributed by atoms with Gasteiger partial charge in [0.1, 0.15) is 17.1 Å². The summed E-state index contributed by atoms with van der Waals surface area (Å²) in [7, 11) is 2.86. The Balaban J connectivity index is 1.81. The lowest BCUT2D eigenvalue weighted by Gasteiger charge is -2.26. The van der Waals surface area contributed by atoms with Gasteiger partial charge in [-0.1, -0.05) is 17.7 Å². The average Bonchev–Trinajstić information content (AvgIpc) is 3.12. The lowest BCUT2D eigenvalue weighted by molar-refractivity contribution is 0.0971. The number of phenols is 1. The van der Waals surface area contributed by atoms with Gasteiger partial charge in [-0.15, -0.1) is 0 Å². The molecule has 1 N–H and O–H groups in total. The first-order chi connectivity index (χ1) is 16.3. The van der Waals surface area contributed by atoms with Crippen LogP contribution in [0.3, 0.4) is 0 Å². The molecule has 9 heteroatoms. The molecule has 1 aliphatic heterocycles. The maximum atomic E-state index is 13.9. The topological polar surface area (TPSA) is 89.2 Å². The van der Waals surface area contributed by atoms with Gasteiger partial charge in [-0.2, -0.15) is 0 Å². The van der Waals surface area contributed by atoms with Crippen LogP contribution in [0.2, 0.25) is 5.02 Å². The number of amides is 1. The molecule has 2 heterocycles. The second-order valence-electron chi connectivity index (χ2n) is 7.64. The molecule has 7 nitrogen and oxygen atoms in total.